The van der Waals surface area contributed by atoms with E-state index >= 15 is 0 Å². The summed E-state index contributed by atoms with van der Waals surface area (Å²) in [7, 11) is 4.58. The minimum Gasteiger partial charge on any atom is -0.493 e. The number of methoxy groups -OCH3 is 3. The number of H-pyrrole nitrogens is 1. The van der Waals surface area contributed by atoms with Crippen LogP contribution in [0.3, 0.4) is 0 Å². The Balaban J connectivity index is 1.78. The summed E-state index contributed by atoms with van der Waals surface area (Å²) in [5.74, 6) is 1.46. The fourth-order valence-corrected chi connectivity index (χ4v) is 3.17. The van der Waals surface area contributed by atoms with Crippen LogP contribution in [0.1, 0.15) is 11.3 Å². The maximum atomic E-state index is 12.5. The average molecular weight is 412 g/mol. The number of nitrogens with one attached hydrogen (secondary N) is 3. The lowest BCUT2D eigenvalue weighted by atomic mass is 10.1. The third-order valence-corrected chi connectivity index (χ3v) is 4.58. The molecule has 0 atom stereocenters. The molecule has 0 fully saturated rings. The molecule has 2 aromatic carbocycles. The molecule has 0 spiro atoms. The van der Waals surface area contributed by atoms with Gasteiger partial charge in [0.2, 0.25) is 5.75 Å². The number of hydrogen-bond acceptors (Lipinski definition) is 5. The highest BCUT2D eigenvalue weighted by atomic mass is 16.5. The number of imidazole rings is 1. The largest absolute Gasteiger partial charge is 0.493 e. The first-order valence-electron chi connectivity index (χ1n) is 9.19. The number of amides is 2. The normalized spacial score (nSPS) is 10.4. The fourth-order valence-electron chi connectivity index (χ4n) is 3.17. The minimum absolute atomic E-state index is 0.195. The molecule has 9 nitrogen and oxygen atoms in total. The monoisotopic (exact) mass is 412 g/mol. The number of anilines is 1. The molecule has 9 heteroatoms. The van der Waals surface area contributed by atoms with Crippen LogP contribution in [0.15, 0.2) is 47.4 Å². The molecule has 158 valence electrons. The number of hydrogen-bond donors (Lipinski definition) is 3. The SMILES string of the molecule is COc1ccc(CNC(=O)Nc2ccccc2-n2c(C)c[nH]c2=O)c(OC)c1OC. The van der Waals surface area contributed by atoms with Gasteiger partial charge in [0, 0.05) is 24.0 Å². The highest BCUT2D eigenvalue weighted by Gasteiger charge is 2.17. The summed E-state index contributed by atoms with van der Waals surface area (Å²) in [6.45, 7) is 2.00. The molecule has 0 aliphatic heterocycles. The zero-order chi connectivity index (χ0) is 21.7. The van der Waals surface area contributed by atoms with Crippen molar-refractivity contribution < 1.29 is 19.0 Å². The van der Waals surface area contributed by atoms with Crippen molar-refractivity contribution in [2.75, 3.05) is 26.6 Å². The highest BCUT2D eigenvalue weighted by Crippen LogP contribution is 2.39. The van der Waals surface area contributed by atoms with E-state index in [4.69, 9.17) is 14.2 Å². The topological polar surface area (TPSA) is 107 Å². The second-order valence-corrected chi connectivity index (χ2v) is 6.39. The quantitative estimate of drug-likeness (QED) is 0.553. The standard InChI is InChI=1S/C21H24N4O5/c1-13-11-23-21(27)25(13)16-8-6-5-7-15(16)24-20(26)22-12-14-9-10-17(28-2)19(30-4)18(14)29-3/h5-11H,12H2,1-4H3,(H,23,27)(H2,22,24,26). The van der Waals surface area contributed by atoms with Gasteiger partial charge in [0.15, 0.2) is 11.5 Å². The Kier molecular flexibility index (Phi) is 6.31. The van der Waals surface area contributed by atoms with Crippen molar-refractivity contribution >= 4 is 11.7 Å². The molecule has 3 rings (SSSR count). The second kappa shape index (κ2) is 9.08. The number of para-hydroxylation sites is 2. The van der Waals surface area contributed by atoms with E-state index in [0.29, 0.717) is 28.6 Å². The van der Waals surface area contributed by atoms with E-state index in [0.717, 1.165) is 11.3 Å². The Labute approximate surface area is 173 Å². The molecule has 0 aliphatic carbocycles. The molecule has 0 unspecified atom stereocenters. The number of carbonyl (C=O) groups excluding carboxylic acids is 1. The van der Waals surface area contributed by atoms with Gasteiger partial charge in [-0.15, -0.1) is 0 Å². The third-order valence-electron chi connectivity index (χ3n) is 4.58. The van der Waals surface area contributed by atoms with Gasteiger partial charge in [0.1, 0.15) is 0 Å². The molecule has 0 saturated heterocycles. The smallest absolute Gasteiger partial charge is 0.330 e. The molecular weight excluding hydrogens is 388 g/mol. The second-order valence-electron chi connectivity index (χ2n) is 6.39. The van der Waals surface area contributed by atoms with Crippen molar-refractivity contribution in [2.45, 2.75) is 13.5 Å². The molecule has 1 aromatic heterocycles. The van der Waals surface area contributed by atoms with Crippen LogP contribution in [0.4, 0.5) is 10.5 Å². The summed E-state index contributed by atoms with van der Waals surface area (Å²) in [5.41, 5.74) is 2.23. The van der Waals surface area contributed by atoms with Crippen molar-refractivity contribution in [3.8, 4) is 22.9 Å². The summed E-state index contributed by atoms with van der Waals surface area (Å²) in [5, 5.41) is 5.58. The van der Waals surface area contributed by atoms with Crippen LogP contribution >= 0.6 is 0 Å². The van der Waals surface area contributed by atoms with E-state index in [9.17, 15) is 9.59 Å². The molecule has 30 heavy (non-hydrogen) atoms. The summed E-state index contributed by atoms with van der Waals surface area (Å²) < 4.78 is 17.6. The first kappa shape index (κ1) is 20.8. The number of aromatic amines is 1. The van der Waals surface area contributed by atoms with Gasteiger partial charge >= 0.3 is 11.7 Å². The predicted molar refractivity (Wildman–Crippen MR) is 113 cm³/mol. The number of ether oxygens (including phenoxy) is 3. The van der Waals surface area contributed by atoms with Crippen molar-refractivity contribution in [2.24, 2.45) is 0 Å². The number of rotatable bonds is 7. The van der Waals surface area contributed by atoms with E-state index < -0.39 is 6.03 Å². The van der Waals surface area contributed by atoms with Crippen LogP contribution in [-0.4, -0.2) is 36.9 Å². The van der Waals surface area contributed by atoms with Gasteiger partial charge in [-0.2, -0.15) is 0 Å². The van der Waals surface area contributed by atoms with E-state index in [1.54, 1.807) is 49.5 Å². The van der Waals surface area contributed by atoms with E-state index in [1.807, 2.05) is 0 Å². The number of urea groups is 1. The number of nitrogens with zero attached hydrogens (tertiary/aromatic N) is 1. The molecule has 0 bridgehead atoms. The number of carbonyl (C=O) groups is 1. The molecule has 1 heterocycles. The molecule has 2 amide bonds. The summed E-state index contributed by atoms with van der Waals surface area (Å²) in [4.78, 5) is 27.3. The molecule has 0 radical (unpaired) electrons. The van der Waals surface area contributed by atoms with E-state index in [1.165, 1.54) is 25.9 Å². The molecule has 0 aliphatic rings. The zero-order valence-electron chi connectivity index (χ0n) is 17.2. The Bertz CT molecular complexity index is 1100. The van der Waals surface area contributed by atoms with Crippen LogP contribution in [0.2, 0.25) is 0 Å². The van der Waals surface area contributed by atoms with Crippen LogP contribution in [0, 0.1) is 6.92 Å². The van der Waals surface area contributed by atoms with Gasteiger partial charge in [-0.3, -0.25) is 4.57 Å². The molecule has 3 N–H and O–H groups in total. The Morgan fingerprint density at radius 1 is 1.03 bits per heavy atom. The van der Waals surface area contributed by atoms with Crippen molar-refractivity contribution in [3.05, 3.63) is 64.3 Å². The van der Waals surface area contributed by atoms with Gasteiger partial charge in [-0.25, -0.2) is 9.59 Å². The fraction of sp³-hybridized carbons (Fsp3) is 0.238. The Morgan fingerprint density at radius 2 is 1.77 bits per heavy atom. The summed E-state index contributed by atoms with van der Waals surface area (Å²) in [6, 6.07) is 10.2. The average Bonchev–Trinajstić information content (AvgIpc) is 3.09. The maximum Gasteiger partial charge on any atom is 0.330 e. The lowest BCUT2D eigenvalue weighted by Gasteiger charge is -2.17. The van der Waals surface area contributed by atoms with Crippen LogP contribution in [-0.2, 0) is 6.54 Å². The number of aromatic nitrogens is 2. The summed E-state index contributed by atoms with van der Waals surface area (Å²) in [6.07, 6.45) is 1.61. The highest BCUT2D eigenvalue weighted by molar-refractivity contribution is 5.91. The van der Waals surface area contributed by atoms with Crippen molar-refractivity contribution in [1.29, 1.82) is 0 Å². The number of aryl methyl sites for hydroxylation is 1. The van der Waals surface area contributed by atoms with E-state index in [-0.39, 0.29) is 12.2 Å². The maximum absolute atomic E-state index is 12.5. The van der Waals surface area contributed by atoms with Gasteiger partial charge in [0.25, 0.3) is 0 Å². The van der Waals surface area contributed by atoms with Crippen LogP contribution in [0.25, 0.3) is 5.69 Å². The lowest BCUT2D eigenvalue weighted by molar-refractivity contribution is 0.251. The third kappa shape index (κ3) is 4.09. The van der Waals surface area contributed by atoms with Gasteiger partial charge < -0.3 is 29.8 Å². The lowest BCUT2D eigenvalue weighted by Crippen LogP contribution is -2.29. The first-order valence-corrected chi connectivity index (χ1v) is 9.19. The molecular formula is C21H24N4O5. The molecule has 3 aromatic rings. The Hall–Kier alpha value is -3.88. The summed E-state index contributed by atoms with van der Waals surface area (Å²) >= 11 is 0. The minimum atomic E-state index is -0.430. The van der Waals surface area contributed by atoms with Gasteiger partial charge in [-0.05, 0) is 31.2 Å². The van der Waals surface area contributed by atoms with Crippen LogP contribution < -0.4 is 30.5 Å². The number of benzene rings is 2. The molecule has 0 saturated carbocycles. The van der Waals surface area contributed by atoms with Gasteiger partial charge in [-0.1, -0.05) is 12.1 Å². The van der Waals surface area contributed by atoms with Crippen LogP contribution in [0.5, 0.6) is 17.2 Å². The van der Waals surface area contributed by atoms with E-state index in [2.05, 4.69) is 15.6 Å². The predicted octanol–water partition coefficient (Wildman–Crippen LogP) is 2.82. The zero-order valence-corrected chi connectivity index (χ0v) is 17.2. The van der Waals surface area contributed by atoms with Crippen molar-refractivity contribution in [3.63, 3.8) is 0 Å². The van der Waals surface area contributed by atoms with Gasteiger partial charge in [0.05, 0.1) is 32.7 Å². The first-order chi connectivity index (χ1) is 14.5. The Morgan fingerprint density at radius 3 is 2.40 bits per heavy atom. The van der Waals surface area contributed by atoms with Crippen molar-refractivity contribution in [1.82, 2.24) is 14.9 Å².